The van der Waals surface area contributed by atoms with Crippen molar-refractivity contribution in [1.29, 1.82) is 0 Å². The van der Waals surface area contributed by atoms with Crippen LogP contribution < -0.4 is 5.32 Å². The van der Waals surface area contributed by atoms with Crippen LogP contribution >= 0.6 is 12.6 Å². The summed E-state index contributed by atoms with van der Waals surface area (Å²) in [5.74, 6) is 0.572. The molecule has 1 amide bonds. The van der Waals surface area contributed by atoms with Gasteiger partial charge in [-0.15, -0.1) is 0 Å². The normalized spacial score (nSPS) is 9.71. The van der Waals surface area contributed by atoms with E-state index in [0.717, 1.165) is 0 Å². The minimum Gasteiger partial charge on any atom is -0.379 e. The van der Waals surface area contributed by atoms with Gasteiger partial charge >= 0.3 is 0 Å². The van der Waals surface area contributed by atoms with Crippen molar-refractivity contribution in [1.82, 2.24) is 5.32 Å². The molecule has 0 aliphatic rings. The number of amides is 1. The third kappa shape index (κ3) is 13.0. The molecule has 8 heteroatoms. The van der Waals surface area contributed by atoms with Gasteiger partial charge in [0.15, 0.2) is 0 Å². The third-order valence-electron chi connectivity index (χ3n) is 1.68. The predicted octanol–water partition coefficient (Wildman–Crippen LogP) is 0.766. The van der Waals surface area contributed by atoms with Crippen LogP contribution in [-0.2, 0) is 14.3 Å². The van der Waals surface area contributed by atoms with Crippen molar-refractivity contribution in [3.05, 3.63) is 10.4 Å². The molecular formula is C9H18N4O3S. The van der Waals surface area contributed by atoms with E-state index < -0.39 is 0 Å². The Hall–Kier alpha value is -0.950. The van der Waals surface area contributed by atoms with E-state index in [1.165, 1.54) is 0 Å². The zero-order valence-electron chi connectivity index (χ0n) is 9.67. The summed E-state index contributed by atoms with van der Waals surface area (Å²) in [6.45, 7) is 2.57. The fraction of sp³-hybridized carbons (Fsp3) is 0.889. The molecule has 0 aliphatic heterocycles. The van der Waals surface area contributed by atoms with Gasteiger partial charge in [-0.2, -0.15) is 12.6 Å². The maximum absolute atomic E-state index is 11.2. The molecule has 98 valence electrons. The van der Waals surface area contributed by atoms with Crippen molar-refractivity contribution >= 4 is 18.5 Å². The first-order chi connectivity index (χ1) is 8.31. The zero-order valence-corrected chi connectivity index (χ0v) is 10.6. The van der Waals surface area contributed by atoms with E-state index in [1.54, 1.807) is 0 Å². The molecule has 0 spiro atoms. The molecule has 7 nitrogen and oxygen atoms in total. The van der Waals surface area contributed by atoms with Crippen LogP contribution in [0, 0.1) is 0 Å². The number of hydrogen-bond donors (Lipinski definition) is 2. The number of hydrogen-bond acceptors (Lipinski definition) is 5. The highest BCUT2D eigenvalue weighted by molar-refractivity contribution is 7.80. The minimum absolute atomic E-state index is 0.116. The second-order valence-electron chi connectivity index (χ2n) is 3.00. The molecule has 0 fully saturated rings. The molecule has 0 unspecified atom stereocenters. The predicted molar refractivity (Wildman–Crippen MR) is 67.1 cm³/mol. The summed E-state index contributed by atoms with van der Waals surface area (Å²) in [5.41, 5.74) is 8.00. The first-order valence-electron chi connectivity index (χ1n) is 5.35. The molecule has 0 atom stereocenters. The molecular weight excluding hydrogens is 244 g/mol. The number of nitrogens with one attached hydrogen (secondary N) is 1. The van der Waals surface area contributed by atoms with Gasteiger partial charge in [-0.3, -0.25) is 4.79 Å². The van der Waals surface area contributed by atoms with Crippen molar-refractivity contribution < 1.29 is 14.3 Å². The van der Waals surface area contributed by atoms with Crippen molar-refractivity contribution in [3.63, 3.8) is 0 Å². The summed E-state index contributed by atoms with van der Waals surface area (Å²) in [4.78, 5) is 13.7. The molecule has 1 N–H and O–H groups in total. The first kappa shape index (κ1) is 16.1. The molecule has 0 aliphatic carbocycles. The monoisotopic (exact) mass is 262 g/mol. The van der Waals surface area contributed by atoms with Crippen LogP contribution in [0.3, 0.4) is 0 Å². The lowest BCUT2D eigenvalue weighted by molar-refractivity contribution is -0.122. The topological polar surface area (TPSA) is 96.3 Å². The van der Waals surface area contributed by atoms with Gasteiger partial charge in [-0.1, -0.05) is 5.11 Å². The molecule has 17 heavy (non-hydrogen) atoms. The SMILES string of the molecule is [N-]=[N+]=NCCNC(=O)CCOCCOCCS. The first-order valence-corrected chi connectivity index (χ1v) is 5.98. The van der Waals surface area contributed by atoms with Crippen LogP contribution in [0.2, 0.25) is 0 Å². The van der Waals surface area contributed by atoms with Crippen molar-refractivity contribution in [3.8, 4) is 0 Å². The van der Waals surface area contributed by atoms with E-state index in [9.17, 15) is 4.79 Å². The number of rotatable bonds is 11. The van der Waals surface area contributed by atoms with Gasteiger partial charge in [-0.05, 0) is 5.53 Å². The fourth-order valence-electron chi connectivity index (χ4n) is 0.930. The van der Waals surface area contributed by atoms with Gasteiger partial charge in [0.2, 0.25) is 5.91 Å². The number of azide groups is 1. The maximum Gasteiger partial charge on any atom is 0.222 e. The van der Waals surface area contributed by atoms with Crippen LogP contribution in [0.15, 0.2) is 5.11 Å². The van der Waals surface area contributed by atoms with E-state index in [-0.39, 0.29) is 12.5 Å². The number of thiol groups is 1. The number of nitrogens with zero attached hydrogens (tertiary/aromatic N) is 3. The zero-order chi connectivity index (χ0) is 12.8. The van der Waals surface area contributed by atoms with E-state index in [0.29, 0.717) is 45.1 Å². The lowest BCUT2D eigenvalue weighted by atomic mass is 10.4. The standard InChI is InChI=1S/C9H18N4O3S/c10-13-12-3-2-11-9(14)1-4-15-5-6-16-7-8-17/h17H,1-8H2,(H,11,14). The molecule has 0 aromatic heterocycles. The lowest BCUT2D eigenvalue weighted by Gasteiger charge is -2.05. The van der Waals surface area contributed by atoms with Crippen LogP contribution in [-0.4, -0.2) is 51.2 Å². The van der Waals surface area contributed by atoms with Gasteiger partial charge in [0.1, 0.15) is 0 Å². The Labute approximate surface area is 106 Å². The Morgan fingerprint density at radius 2 is 2.00 bits per heavy atom. The highest BCUT2D eigenvalue weighted by atomic mass is 32.1. The minimum atomic E-state index is -0.116. The molecule has 0 heterocycles. The fourth-order valence-corrected chi connectivity index (χ4v) is 1.06. The number of carbonyl (C=O) groups is 1. The van der Waals surface area contributed by atoms with Crippen LogP contribution in [0.1, 0.15) is 6.42 Å². The Kier molecular flexibility index (Phi) is 12.4. The smallest absolute Gasteiger partial charge is 0.222 e. The van der Waals surface area contributed by atoms with Crippen molar-refractivity contribution in [2.24, 2.45) is 5.11 Å². The summed E-state index contributed by atoms with van der Waals surface area (Å²) < 4.78 is 10.3. The molecule has 0 bridgehead atoms. The Morgan fingerprint density at radius 3 is 2.65 bits per heavy atom. The van der Waals surface area contributed by atoms with E-state index >= 15 is 0 Å². The second-order valence-corrected chi connectivity index (χ2v) is 3.45. The van der Waals surface area contributed by atoms with E-state index in [1.807, 2.05) is 0 Å². The molecule has 0 saturated carbocycles. The van der Waals surface area contributed by atoms with Gasteiger partial charge in [-0.25, -0.2) is 0 Å². The largest absolute Gasteiger partial charge is 0.379 e. The Bertz CT molecular complexity index is 246. The van der Waals surface area contributed by atoms with Gasteiger partial charge in [0, 0.05) is 30.2 Å². The van der Waals surface area contributed by atoms with Gasteiger partial charge in [0.25, 0.3) is 0 Å². The van der Waals surface area contributed by atoms with Crippen LogP contribution in [0.25, 0.3) is 10.4 Å². The molecule has 0 saturated heterocycles. The summed E-state index contributed by atoms with van der Waals surface area (Å²) in [6.07, 6.45) is 0.294. The Balaban J connectivity index is 3.19. The second kappa shape index (κ2) is 13.1. The van der Waals surface area contributed by atoms with Crippen molar-refractivity contribution in [2.75, 3.05) is 45.3 Å². The summed E-state index contributed by atoms with van der Waals surface area (Å²) >= 11 is 3.99. The average molecular weight is 262 g/mol. The van der Waals surface area contributed by atoms with E-state index in [4.69, 9.17) is 15.0 Å². The lowest BCUT2D eigenvalue weighted by Crippen LogP contribution is -2.27. The summed E-state index contributed by atoms with van der Waals surface area (Å²) in [5, 5.41) is 5.90. The van der Waals surface area contributed by atoms with Crippen LogP contribution in [0.5, 0.6) is 0 Å². The number of carbonyl (C=O) groups excluding carboxylic acids is 1. The molecule has 0 aromatic rings. The number of ether oxygens (including phenoxy) is 2. The van der Waals surface area contributed by atoms with Crippen molar-refractivity contribution in [2.45, 2.75) is 6.42 Å². The van der Waals surface area contributed by atoms with E-state index in [2.05, 4.69) is 28.0 Å². The molecule has 0 rings (SSSR count). The van der Waals surface area contributed by atoms with Gasteiger partial charge in [0.05, 0.1) is 26.4 Å². The van der Waals surface area contributed by atoms with Crippen LogP contribution in [0.4, 0.5) is 0 Å². The highest BCUT2D eigenvalue weighted by Gasteiger charge is 1.99. The molecule has 0 aromatic carbocycles. The highest BCUT2D eigenvalue weighted by Crippen LogP contribution is 1.85. The summed E-state index contributed by atoms with van der Waals surface area (Å²) in [7, 11) is 0. The van der Waals surface area contributed by atoms with Gasteiger partial charge < -0.3 is 14.8 Å². The maximum atomic E-state index is 11.2. The quantitative estimate of drug-likeness (QED) is 0.189. The molecule has 0 radical (unpaired) electrons. The average Bonchev–Trinajstić information content (AvgIpc) is 2.33. The Morgan fingerprint density at radius 1 is 1.29 bits per heavy atom. The third-order valence-corrected chi connectivity index (χ3v) is 1.86. The summed E-state index contributed by atoms with van der Waals surface area (Å²) in [6, 6.07) is 0.